The third-order valence-electron chi connectivity index (χ3n) is 4.23. The number of carbonyl (C=O) groups is 1. The van der Waals surface area contributed by atoms with E-state index in [1.165, 1.54) is 6.92 Å². The highest BCUT2D eigenvalue weighted by Crippen LogP contribution is 2.34. The van der Waals surface area contributed by atoms with Gasteiger partial charge in [0, 0.05) is 27.9 Å². The number of phenols is 1. The molecule has 122 valence electrons. The SMILES string of the molecule is CC(=O)c1c(C)n(-c2ccccc2)c2cc(/C(C)=N/O)c(O)cc12. The molecular weight excluding hydrogens is 304 g/mol. The van der Waals surface area contributed by atoms with Crippen molar-refractivity contribution in [2.75, 3.05) is 0 Å². The summed E-state index contributed by atoms with van der Waals surface area (Å²) in [7, 11) is 0. The lowest BCUT2D eigenvalue weighted by Gasteiger charge is -2.10. The molecule has 3 aromatic rings. The number of aromatic hydroxyl groups is 1. The Labute approximate surface area is 139 Å². The second-order valence-corrected chi connectivity index (χ2v) is 5.76. The normalized spacial score (nSPS) is 11.9. The Morgan fingerprint density at radius 2 is 1.79 bits per heavy atom. The Kier molecular flexibility index (Phi) is 3.85. The third kappa shape index (κ3) is 2.34. The van der Waals surface area contributed by atoms with Gasteiger partial charge in [0.25, 0.3) is 0 Å². The van der Waals surface area contributed by atoms with Crippen molar-refractivity contribution in [3.63, 3.8) is 0 Å². The Morgan fingerprint density at radius 3 is 2.38 bits per heavy atom. The van der Waals surface area contributed by atoms with Gasteiger partial charge in [-0.3, -0.25) is 4.79 Å². The molecule has 1 heterocycles. The van der Waals surface area contributed by atoms with Gasteiger partial charge in [-0.15, -0.1) is 0 Å². The standard InChI is InChI=1S/C19H18N2O3/c1-11(20-24)15-9-17-16(10-18(15)23)19(13(3)22)12(2)21(17)14-7-5-4-6-8-14/h4-10,23-24H,1-3H3/b20-11+. The Hall–Kier alpha value is -3.08. The molecule has 0 saturated heterocycles. The number of hydrogen-bond donors (Lipinski definition) is 2. The Morgan fingerprint density at radius 1 is 1.12 bits per heavy atom. The first-order valence-electron chi connectivity index (χ1n) is 7.59. The van der Waals surface area contributed by atoms with Crippen LogP contribution in [0.2, 0.25) is 0 Å². The summed E-state index contributed by atoms with van der Waals surface area (Å²) in [6.45, 7) is 5.01. The summed E-state index contributed by atoms with van der Waals surface area (Å²) in [5.41, 5.74) is 3.81. The fourth-order valence-corrected chi connectivity index (χ4v) is 3.15. The van der Waals surface area contributed by atoms with Crippen LogP contribution in [0.3, 0.4) is 0 Å². The number of benzene rings is 2. The zero-order valence-electron chi connectivity index (χ0n) is 13.7. The molecule has 5 nitrogen and oxygen atoms in total. The summed E-state index contributed by atoms with van der Waals surface area (Å²) in [5, 5.41) is 23.2. The van der Waals surface area contributed by atoms with E-state index in [2.05, 4.69) is 5.16 Å². The molecule has 0 aliphatic rings. The van der Waals surface area contributed by atoms with E-state index in [1.54, 1.807) is 19.1 Å². The molecule has 0 atom stereocenters. The minimum Gasteiger partial charge on any atom is -0.507 e. The fraction of sp³-hybridized carbons (Fsp3) is 0.158. The maximum absolute atomic E-state index is 12.2. The number of ketones is 1. The molecule has 0 radical (unpaired) electrons. The predicted octanol–water partition coefficient (Wildman–Crippen LogP) is 4.05. The molecular formula is C19H18N2O3. The zero-order chi connectivity index (χ0) is 17.4. The van der Waals surface area contributed by atoms with E-state index in [4.69, 9.17) is 5.21 Å². The van der Waals surface area contributed by atoms with Gasteiger partial charge in [0.1, 0.15) is 5.75 Å². The molecule has 0 spiro atoms. The van der Waals surface area contributed by atoms with E-state index >= 15 is 0 Å². The second kappa shape index (κ2) is 5.85. The zero-order valence-corrected chi connectivity index (χ0v) is 13.7. The topological polar surface area (TPSA) is 74.8 Å². The van der Waals surface area contributed by atoms with Crippen LogP contribution >= 0.6 is 0 Å². The number of nitrogens with zero attached hydrogens (tertiary/aromatic N) is 2. The van der Waals surface area contributed by atoms with Crippen molar-refractivity contribution in [3.8, 4) is 11.4 Å². The first kappa shape index (κ1) is 15.8. The van der Waals surface area contributed by atoms with Gasteiger partial charge in [0.05, 0.1) is 11.2 Å². The fourth-order valence-electron chi connectivity index (χ4n) is 3.15. The van der Waals surface area contributed by atoms with Crippen LogP contribution in [0.5, 0.6) is 5.75 Å². The van der Waals surface area contributed by atoms with Gasteiger partial charge in [-0.2, -0.15) is 0 Å². The molecule has 24 heavy (non-hydrogen) atoms. The molecule has 0 saturated carbocycles. The Balaban J connectivity index is 2.47. The molecule has 0 fully saturated rings. The van der Waals surface area contributed by atoms with Gasteiger partial charge in [-0.05, 0) is 45.0 Å². The van der Waals surface area contributed by atoms with E-state index in [0.29, 0.717) is 22.2 Å². The van der Waals surface area contributed by atoms with E-state index in [9.17, 15) is 9.90 Å². The minimum atomic E-state index is -0.0631. The summed E-state index contributed by atoms with van der Waals surface area (Å²) in [6.07, 6.45) is 0. The number of phenolic OH excluding ortho intramolecular Hbond substituents is 1. The van der Waals surface area contributed by atoms with Crippen molar-refractivity contribution < 1.29 is 15.1 Å². The highest BCUT2D eigenvalue weighted by atomic mass is 16.4. The van der Waals surface area contributed by atoms with Crippen LogP contribution in [0, 0.1) is 6.92 Å². The summed E-state index contributed by atoms with van der Waals surface area (Å²) in [4.78, 5) is 12.2. The van der Waals surface area contributed by atoms with Crippen molar-refractivity contribution in [1.29, 1.82) is 0 Å². The summed E-state index contributed by atoms with van der Waals surface area (Å²) in [5.74, 6) is -0.0857. The average Bonchev–Trinajstić information content (AvgIpc) is 2.85. The number of para-hydroxylation sites is 1. The number of rotatable bonds is 3. The average molecular weight is 322 g/mol. The van der Waals surface area contributed by atoms with Crippen LogP contribution in [0.25, 0.3) is 16.6 Å². The highest BCUT2D eigenvalue weighted by Gasteiger charge is 2.21. The summed E-state index contributed by atoms with van der Waals surface area (Å²) < 4.78 is 1.97. The largest absolute Gasteiger partial charge is 0.507 e. The van der Waals surface area contributed by atoms with Crippen molar-refractivity contribution in [1.82, 2.24) is 4.57 Å². The molecule has 0 unspecified atom stereocenters. The molecule has 0 amide bonds. The molecule has 3 rings (SSSR count). The molecule has 2 N–H and O–H groups in total. The number of oxime groups is 1. The maximum atomic E-state index is 12.2. The number of carbonyl (C=O) groups excluding carboxylic acids is 1. The van der Waals surface area contributed by atoms with Crippen molar-refractivity contribution in [2.45, 2.75) is 20.8 Å². The van der Waals surface area contributed by atoms with E-state index in [1.807, 2.05) is 41.8 Å². The first-order valence-corrected chi connectivity index (χ1v) is 7.59. The molecule has 5 heteroatoms. The third-order valence-corrected chi connectivity index (χ3v) is 4.23. The summed E-state index contributed by atoms with van der Waals surface area (Å²) >= 11 is 0. The second-order valence-electron chi connectivity index (χ2n) is 5.76. The Bertz CT molecular complexity index is 969. The predicted molar refractivity (Wildman–Crippen MR) is 93.7 cm³/mol. The van der Waals surface area contributed by atoms with Crippen molar-refractivity contribution >= 4 is 22.4 Å². The van der Waals surface area contributed by atoms with Crippen molar-refractivity contribution in [3.05, 3.63) is 59.3 Å². The minimum absolute atomic E-state index is 0.0227. The number of Topliss-reactive ketones (excluding diaryl/α,β-unsaturated/α-hetero) is 1. The van der Waals surface area contributed by atoms with Gasteiger partial charge in [0.15, 0.2) is 5.78 Å². The molecule has 0 aliphatic heterocycles. The van der Waals surface area contributed by atoms with E-state index < -0.39 is 0 Å². The van der Waals surface area contributed by atoms with E-state index in [-0.39, 0.29) is 11.5 Å². The molecule has 0 bridgehead atoms. The van der Waals surface area contributed by atoms with Gasteiger partial charge >= 0.3 is 0 Å². The number of fused-ring (bicyclic) bond motifs is 1. The van der Waals surface area contributed by atoms with Crippen molar-refractivity contribution in [2.24, 2.45) is 5.16 Å². The van der Waals surface area contributed by atoms with E-state index in [0.717, 1.165) is 16.9 Å². The molecule has 0 aliphatic carbocycles. The van der Waals surface area contributed by atoms with Gasteiger partial charge in [0.2, 0.25) is 0 Å². The lowest BCUT2D eigenvalue weighted by Crippen LogP contribution is -2.00. The monoisotopic (exact) mass is 322 g/mol. The van der Waals surface area contributed by atoms with Crippen LogP contribution in [0.15, 0.2) is 47.6 Å². The van der Waals surface area contributed by atoms with Crippen LogP contribution < -0.4 is 0 Å². The molecule has 2 aromatic carbocycles. The molecule has 1 aromatic heterocycles. The smallest absolute Gasteiger partial charge is 0.162 e. The lowest BCUT2D eigenvalue weighted by atomic mass is 10.0. The van der Waals surface area contributed by atoms with Crippen LogP contribution in [-0.2, 0) is 0 Å². The van der Waals surface area contributed by atoms with Gasteiger partial charge in [-0.1, -0.05) is 23.4 Å². The highest BCUT2D eigenvalue weighted by molar-refractivity contribution is 6.12. The number of hydrogen-bond acceptors (Lipinski definition) is 4. The van der Waals surface area contributed by atoms with Crippen LogP contribution in [0.4, 0.5) is 0 Å². The maximum Gasteiger partial charge on any atom is 0.162 e. The summed E-state index contributed by atoms with van der Waals surface area (Å²) in [6, 6.07) is 13.0. The first-order chi connectivity index (χ1) is 11.5. The van der Waals surface area contributed by atoms with Crippen LogP contribution in [0.1, 0.15) is 35.5 Å². The van der Waals surface area contributed by atoms with Crippen LogP contribution in [-0.4, -0.2) is 26.4 Å². The van der Waals surface area contributed by atoms with Gasteiger partial charge in [-0.25, -0.2) is 0 Å². The quantitative estimate of drug-likeness (QED) is 0.331. The van der Waals surface area contributed by atoms with Gasteiger partial charge < -0.3 is 14.9 Å². The lowest BCUT2D eigenvalue weighted by molar-refractivity contribution is 0.101. The number of aromatic nitrogens is 1.